The number of benzene rings is 3. The average Bonchev–Trinajstić information content (AvgIpc) is 3.17. The Kier molecular flexibility index (Phi) is 7.34. The van der Waals surface area contributed by atoms with Gasteiger partial charge in [0.25, 0.3) is 0 Å². The summed E-state index contributed by atoms with van der Waals surface area (Å²) in [5.41, 5.74) is 1.09. The molecule has 4 atom stereocenters. The van der Waals surface area contributed by atoms with E-state index in [0.717, 1.165) is 0 Å². The molecular weight excluding hydrogens is 436 g/mol. The maximum atomic E-state index is 12.8. The summed E-state index contributed by atoms with van der Waals surface area (Å²) in [5.74, 6) is -1.69. The molecule has 0 spiro atoms. The van der Waals surface area contributed by atoms with Crippen LogP contribution in [0, 0.1) is 0 Å². The van der Waals surface area contributed by atoms with Gasteiger partial charge in [-0.15, -0.1) is 0 Å². The van der Waals surface area contributed by atoms with Crippen LogP contribution in [0.15, 0.2) is 91.0 Å². The lowest BCUT2D eigenvalue weighted by Gasteiger charge is -2.24. The van der Waals surface area contributed by atoms with Gasteiger partial charge in [-0.3, -0.25) is 0 Å². The first-order chi connectivity index (χ1) is 16.5. The van der Waals surface area contributed by atoms with Crippen molar-refractivity contribution >= 4 is 17.9 Å². The van der Waals surface area contributed by atoms with Crippen LogP contribution in [0.25, 0.3) is 0 Å². The first-order valence-corrected chi connectivity index (χ1v) is 10.9. The minimum atomic E-state index is -0.973. The summed E-state index contributed by atoms with van der Waals surface area (Å²) in [7, 11) is 0. The van der Waals surface area contributed by atoms with Gasteiger partial charge in [-0.1, -0.05) is 54.6 Å². The van der Waals surface area contributed by atoms with Gasteiger partial charge in [-0.2, -0.15) is 0 Å². The van der Waals surface area contributed by atoms with Crippen molar-refractivity contribution in [1.82, 2.24) is 0 Å². The van der Waals surface area contributed by atoms with E-state index in [4.69, 9.17) is 18.9 Å². The van der Waals surface area contributed by atoms with Crippen molar-refractivity contribution < 1.29 is 33.3 Å². The van der Waals surface area contributed by atoms with Gasteiger partial charge >= 0.3 is 17.9 Å². The van der Waals surface area contributed by atoms with Gasteiger partial charge in [0, 0.05) is 0 Å². The van der Waals surface area contributed by atoms with Crippen molar-refractivity contribution in [2.24, 2.45) is 0 Å². The van der Waals surface area contributed by atoms with E-state index in [-0.39, 0.29) is 6.61 Å². The molecule has 1 fully saturated rings. The lowest BCUT2D eigenvalue weighted by Crippen LogP contribution is -2.41. The van der Waals surface area contributed by atoms with Crippen LogP contribution in [0.4, 0.5) is 0 Å². The second kappa shape index (κ2) is 10.8. The molecule has 3 aromatic rings. The lowest BCUT2D eigenvalue weighted by molar-refractivity contribution is -0.0442. The monoisotopic (exact) mass is 460 g/mol. The minimum Gasteiger partial charge on any atom is -0.459 e. The van der Waals surface area contributed by atoms with Gasteiger partial charge in [0.15, 0.2) is 12.2 Å². The zero-order valence-electron chi connectivity index (χ0n) is 18.5. The van der Waals surface area contributed by atoms with Crippen molar-refractivity contribution in [3.05, 3.63) is 108 Å². The predicted molar refractivity (Wildman–Crippen MR) is 122 cm³/mol. The Balaban J connectivity index is 1.51. The number of hydrogen-bond donors (Lipinski definition) is 0. The van der Waals surface area contributed by atoms with E-state index >= 15 is 0 Å². The standard InChI is InChI=1S/C27H24O7/c1-18-23(33-26(29)20-13-7-3-8-14-20)24(34-27(30)21-15-9-4-10-16-21)22(32-18)17-31-25(28)19-11-5-2-6-12-19/h2-16,18,22-24H,17H2,1H3/t18?,22-,23?,24-/m1/s1. The third-order valence-corrected chi connectivity index (χ3v) is 5.44. The van der Waals surface area contributed by atoms with Crippen LogP contribution in [-0.2, 0) is 18.9 Å². The lowest BCUT2D eigenvalue weighted by atomic mass is 10.1. The third-order valence-electron chi connectivity index (χ3n) is 5.44. The number of esters is 3. The zero-order chi connectivity index (χ0) is 23.9. The number of carbonyl (C=O) groups excluding carboxylic acids is 3. The second-order valence-corrected chi connectivity index (χ2v) is 7.82. The SMILES string of the molecule is CC1O[C@H](COC(=O)c2ccccc2)[C@@H](OC(=O)c2ccccc2)C1OC(=O)c1ccccc1. The van der Waals surface area contributed by atoms with Gasteiger partial charge < -0.3 is 18.9 Å². The molecule has 0 bridgehead atoms. The Hall–Kier alpha value is -3.97. The molecule has 34 heavy (non-hydrogen) atoms. The summed E-state index contributed by atoms with van der Waals surface area (Å²) in [6, 6.07) is 25.5. The fourth-order valence-electron chi connectivity index (χ4n) is 3.70. The van der Waals surface area contributed by atoms with Crippen LogP contribution < -0.4 is 0 Å². The molecule has 1 heterocycles. The summed E-state index contributed by atoms with van der Waals surface area (Å²) < 4.78 is 22.8. The van der Waals surface area contributed by atoms with Crippen LogP contribution in [0.2, 0.25) is 0 Å². The summed E-state index contributed by atoms with van der Waals surface area (Å²) in [5, 5.41) is 0. The molecule has 0 radical (unpaired) electrons. The molecule has 1 aliphatic rings. The van der Waals surface area contributed by atoms with Crippen LogP contribution in [0.5, 0.6) is 0 Å². The van der Waals surface area contributed by atoms with Crippen LogP contribution in [0.1, 0.15) is 38.0 Å². The van der Waals surface area contributed by atoms with E-state index in [2.05, 4.69) is 0 Å². The highest BCUT2D eigenvalue weighted by Gasteiger charge is 2.48. The van der Waals surface area contributed by atoms with Gasteiger partial charge in [-0.25, -0.2) is 14.4 Å². The molecule has 174 valence electrons. The predicted octanol–water partition coefficient (Wildman–Crippen LogP) is 4.08. The largest absolute Gasteiger partial charge is 0.459 e. The van der Waals surface area contributed by atoms with Gasteiger partial charge in [0.05, 0.1) is 22.8 Å². The minimum absolute atomic E-state index is 0.176. The first-order valence-electron chi connectivity index (χ1n) is 10.9. The quantitative estimate of drug-likeness (QED) is 0.388. The van der Waals surface area contributed by atoms with Gasteiger partial charge in [-0.05, 0) is 43.3 Å². The van der Waals surface area contributed by atoms with Crippen molar-refractivity contribution in [2.75, 3.05) is 6.61 Å². The van der Waals surface area contributed by atoms with E-state index < -0.39 is 42.3 Å². The van der Waals surface area contributed by atoms with E-state index in [1.54, 1.807) is 97.9 Å². The van der Waals surface area contributed by atoms with Crippen LogP contribution in [-0.4, -0.2) is 48.9 Å². The maximum Gasteiger partial charge on any atom is 0.338 e. The van der Waals surface area contributed by atoms with E-state index in [9.17, 15) is 14.4 Å². The third kappa shape index (κ3) is 5.50. The summed E-state index contributed by atoms with van der Waals surface area (Å²) in [4.78, 5) is 37.9. The Morgan fingerprint density at radius 1 is 0.647 bits per heavy atom. The number of carbonyl (C=O) groups is 3. The van der Waals surface area contributed by atoms with Crippen molar-refractivity contribution in [3.63, 3.8) is 0 Å². The summed E-state index contributed by atoms with van der Waals surface area (Å²) >= 11 is 0. The molecule has 7 heteroatoms. The summed E-state index contributed by atoms with van der Waals surface area (Å²) in [6.45, 7) is 1.54. The Morgan fingerprint density at radius 2 is 1.06 bits per heavy atom. The molecule has 1 saturated heterocycles. The molecule has 1 aliphatic heterocycles. The summed E-state index contributed by atoms with van der Waals surface area (Å²) in [6.07, 6.45) is -3.27. The van der Waals surface area contributed by atoms with E-state index in [0.29, 0.717) is 16.7 Å². The zero-order valence-corrected chi connectivity index (χ0v) is 18.5. The normalized spacial score (nSPS) is 21.4. The highest BCUT2D eigenvalue weighted by atomic mass is 16.6. The van der Waals surface area contributed by atoms with Gasteiger partial charge in [0.2, 0.25) is 0 Å². The van der Waals surface area contributed by atoms with Crippen LogP contribution >= 0.6 is 0 Å². The molecule has 0 saturated carbocycles. The molecule has 7 nitrogen and oxygen atoms in total. The molecule has 0 aliphatic carbocycles. The maximum absolute atomic E-state index is 12.8. The molecular formula is C27H24O7. The molecule has 3 aromatic carbocycles. The molecule has 0 aromatic heterocycles. The fraction of sp³-hybridized carbons (Fsp3) is 0.222. The smallest absolute Gasteiger partial charge is 0.338 e. The van der Waals surface area contributed by atoms with Crippen molar-refractivity contribution in [2.45, 2.75) is 31.3 Å². The van der Waals surface area contributed by atoms with Crippen LogP contribution in [0.3, 0.4) is 0 Å². The molecule has 4 rings (SSSR count). The number of hydrogen-bond acceptors (Lipinski definition) is 7. The highest BCUT2D eigenvalue weighted by molar-refractivity contribution is 5.91. The van der Waals surface area contributed by atoms with Crippen molar-refractivity contribution in [1.29, 1.82) is 0 Å². The molecule has 2 unspecified atom stereocenters. The number of ether oxygens (including phenoxy) is 4. The van der Waals surface area contributed by atoms with E-state index in [1.165, 1.54) is 0 Å². The highest BCUT2D eigenvalue weighted by Crippen LogP contribution is 2.29. The topological polar surface area (TPSA) is 88.1 Å². The Labute approximate surface area is 197 Å². The Morgan fingerprint density at radius 3 is 1.53 bits per heavy atom. The Bertz CT molecular complexity index is 1120. The fourth-order valence-corrected chi connectivity index (χ4v) is 3.70. The average molecular weight is 460 g/mol. The molecule has 0 N–H and O–H groups in total. The second-order valence-electron chi connectivity index (χ2n) is 7.82. The van der Waals surface area contributed by atoms with Crippen molar-refractivity contribution in [3.8, 4) is 0 Å². The van der Waals surface area contributed by atoms with E-state index in [1.807, 2.05) is 0 Å². The van der Waals surface area contributed by atoms with Gasteiger partial charge in [0.1, 0.15) is 12.7 Å². The molecule has 0 amide bonds. The first kappa shape index (κ1) is 23.2. The number of rotatable bonds is 7.